The summed E-state index contributed by atoms with van der Waals surface area (Å²) in [5.41, 5.74) is 5.13. The molecule has 0 amide bonds. The summed E-state index contributed by atoms with van der Waals surface area (Å²) in [6.07, 6.45) is 2.24. The topological polar surface area (TPSA) is 78.9 Å². The number of hydrogen-bond acceptors (Lipinski definition) is 6. The monoisotopic (exact) mass is 470 g/mol. The van der Waals surface area contributed by atoms with Crippen LogP contribution in [0.15, 0.2) is 79.4 Å². The molecule has 3 aromatic rings. The second-order valence-electron chi connectivity index (χ2n) is 8.21. The van der Waals surface area contributed by atoms with Crippen molar-refractivity contribution in [2.75, 3.05) is 13.2 Å². The molecule has 0 bridgehead atoms. The molecule has 6 heteroatoms. The van der Waals surface area contributed by atoms with E-state index < -0.39 is 17.9 Å². The molecule has 0 heterocycles. The Balaban J connectivity index is 1.34. The van der Waals surface area contributed by atoms with Crippen LogP contribution in [0.5, 0.6) is 5.75 Å². The van der Waals surface area contributed by atoms with Crippen LogP contribution in [-0.2, 0) is 14.3 Å². The van der Waals surface area contributed by atoms with Gasteiger partial charge in [-0.2, -0.15) is 0 Å². The molecule has 1 aliphatic carbocycles. The lowest BCUT2D eigenvalue weighted by Gasteiger charge is -2.13. The van der Waals surface area contributed by atoms with Crippen molar-refractivity contribution in [3.05, 3.63) is 102 Å². The normalized spacial score (nSPS) is 13.3. The number of fused-ring (bicyclic) bond motifs is 3. The van der Waals surface area contributed by atoms with E-state index in [1.54, 1.807) is 24.3 Å². The lowest BCUT2D eigenvalue weighted by Crippen LogP contribution is -2.11. The maximum atomic E-state index is 12.8. The molecule has 0 fully saturated rings. The van der Waals surface area contributed by atoms with Crippen molar-refractivity contribution < 1.29 is 28.6 Å². The third-order valence-electron chi connectivity index (χ3n) is 5.96. The number of carbonyl (C=O) groups is 3. The molecule has 35 heavy (non-hydrogen) atoms. The molecule has 1 unspecified atom stereocenters. The molecule has 1 aliphatic rings. The third-order valence-corrected chi connectivity index (χ3v) is 5.96. The lowest BCUT2D eigenvalue weighted by molar-refractivity contribution is -0.137. The molecular weight excluding hydrogens is 444 g/mol. The predicted molar refractivity (Wildman–Crippen MR) is 131 cm³/mol. The van der Waals surface area contributed by atoms with E-state index in [0.717, 1.165) is 22.8 Å². The lowest BCUT2D eigenvalue weighted by atomic mass is 9.98. The summed E-state index contributed by atoms with van der Waals surface area (Å²) in [4.78, 5) is 36.0. The van der Waals surface area contributed by atoms with Gasteiger partial charge in [-0.05, 0) is 59.9 Å². The summed E-state index contributed by atoms with van der Waals surface area (Å²) in [6, 6.07) is 20.1. The average molecular weight is 471 g/mol. The average Bonchev–Trinajstić information content (AvgIpc) is 3.18. The van der Waals surface area contributed by atoms with Crippen LogP contribution >= 0.6 is 0 Å². The van der Waals surface area contributed by atoms with Crippen LogP contribution in [0.3, 0.4) is 0 Å². The van der Waals surface area contributed by atoms with Crippen LogP contribution in [0.1, 0.15) is 57.5 Å². The SMILES string of the molecule is C=CC(=O)OCCCCOC(=O)c1ccc(C(=O)Oc2cccc3c2C(C)c2ccccc2-3)cc1. The minimum atomic E-state index is -0.490. The van der Waals surface area contributed by atoms with Crippen LogP contribution in [0.25, 0.3) is 11.1 Å². The summed E-state index contributed by atoms with van der Waals surface area (Å²) in [6.45, 7) is 5.88. The van der Waals surface area contributed by atoms with Crippen LogP contribution in [0.4, 0.5) is 0 Å². The summed E-state index contributed by atoms with van der Waals surface area (Å²) in [5, 5.41) is 0. The third kappa shape index (κ3) is 5.32. The maximum Gasteiger partial charge on any atom is 0.343 e. The Morgan fingerprint density at radius 2 is 1.43 bits per heavy atom. The van der Waals surface area contributed by atoms with Gasteiger partial charge in [0.2, 0.25) is 0 Å². The summed E-state index contributed by atoms with van der Waals surface area (Å²) in [7, 11) is 0. The van der Waals surface area contributed by atoms with Gasteiger partial charge in [0, 0.05) is 17.6 Å². The van der Waals surface area contributed by atoms with Gasteiger partial charge in [0.25, 0.3) is 0 Å². The number of rotatable bonds is 9. The first kappa shape index (κ1) is 24.0. The van der Waals surface area contributed by atoms with Crippen LogP contribution < -0.4 is 4.74 Å². The van der Waals surface area contributed by atoms with E-state index in [1.165, 1.54) is 5.56 Å². The van der Waals surface area contributed by atoms with Gasteiger partial charge in [0.05, 0.1) is 24.3 Å². The largest absolute Gasteiger partial charge is 0.463 e. The summed E-state index contributed by atoms with van der Waals surface area (Å²) in [5.74, 6) is -0.789. The van der Waals surface area contributed by atoms with Gasteiger partial charge in [-0.15, -0.1) is 0 Å². The van der Waals surface area contributed by atoms with Crippen molar-refractivity contribution in [1.82, 2.24) is 0 Å². The van der Waals surface area contributed by atoms with Gasteiger partial charge >= 0.3 is 17.9 Å². The van der Waals surface area contributed by atoms with E-state index in [-0.39, 0.29) is 19.1 Å². The van der Waals surface area contributed by atoms with Gasteiger partial charge in [-0.1, -0.05) is 49.9 Å². The minimum absolute atomic E-state index is 0.122. The Bertz CT molecular complexity index is 1260. The summed E-state index contributed by atoms with van der Waals surface area (Å²) >= 11 is 0. The van der Waals surface area contributed by atoms with Crippen LogP contribution in [-0.4, -0.2) is 31.1 Å². The zero-order valence-corrected chi connectivity index (χ0v) is 19.5. The minimum Gasteiger partial charge on any atom is -0.463 e. The quantitative estimate of drug-likeness (QED) is 0.173. The van der Waals surface area contributed by atoms with Crippen molar-refractivity contribution in [3.63, 3.8) is 0 Å². The van der Waals surface area contributed by atoms with Gasteiger partial charge in [0.15, 0.2) is 0 Å². The van der Waals surface area contributed by atoms with Gasteiger partial charge in [-0.25, -0.2) is 14.4 Å². The fourth-order valence-corrected chi connectivity index (χ4v) is 4.18. The number of hydrogen-bond donors (Lipinski definition) is 0. The number of unbranched alkanes of at least 4 members (excludes halogenated alkanes) is 1. The number of benzene rings is 3. The molecule has 178 valence electrons. The van der Waals surface area contributed by atoms with Crippen molar-refractivity contribution in [2.45, 2.75) is 25.7 Å². The standard InChI is InChI=1S/C29H26O6/c1-3-26(30)33-17-6-7-18-34-28(31)20-13-15-21(16-14-20)29(32)35-25-12-8-11-24-23-10-5-4-9-22(23)19(2)27(24)25/h3-5,8-16,19H,1,6-7,17-18H2,2H3. The molecule has 0 saturated carbocycles. The summed E-state index contributed by atoms with van der Waals surface area (Å²) < 4.78 is 15.9. The second-order valence-corrected chi connectivity index (χ2v) is 8.21. The van der Waals surface area contributed by atoms with E-state index in [4.69, 9.17) is 14.2 Å². The van der Waals surface area contributed by atoms with Gasteiger partial charge < -0.3 is 14.2 Å². The number of carbonyl (C=O) groups excluding carboxylic acids is 3. The maximum absolute atomic E-state index is 12.8. The number of esters is 3. The molecule has 0 radical (unpaired) electrons. The molecule has 3 aromatic carbocycles. The Morgan fingerprint density at radius 3 is 2.14 bits per heavy atom. The fraction of sp³-hybridized carbons (Fsp3) is 0.207. The van der Waals surface area contributed by atoms with E-state index in [9.17, 15) is 14.4 Å². The molecular formula is C29H26O6. The molecule has 0 N–H and O–H groups in total. The van der Waals surface area contributed by atoms with E-state index >= 15 is 0 Å². The second kappa shape index (κ2) is 10.8. The highest BCUT2D eigenvalue weighted by molar-refractivity contribution is 5.94. The van der Waals surface area contributed by atoms with Gasteiger partial charge in [0.1, 0.15) is 5.75 Å². The van der Waals surface area contributed by atoms with Gasteiger partial charge in [-0.3, -0.25) is 0 Å². The van der Waals surface area contributed by atoms with Crippen LogP contribution in [0.2, 0.25) is 0 Å². The highest BCUT2D eigenvalue weighted by atomic mass is 16.5. The molecule has 0 aromatic heterocycles. The van der Waals surface area contributed by atoms with Crippen molar-refractivity contribution in [2.24, 2.45) is 0 Å². The highest BCUT2D eigenvalue weighted by Gasteiger charge is 2.29. The predicted octanol–water partition coefficient (Wildman–Crippen LogP) is 5.70. The van der Waals surface area contributed by atoms with E-state index in [2.05, 4.69) is 25.6 Å². The van der Waals surface area contributed by atoms with Crippen molar-refractivity contribution in [1.29, 1.82) is 0 Å². The zero-order chi connectivity index (χ0) is 24.8. The van der Waals surface area contributed by atoms with Crippen LogP contribution in [0, 0.1) is 0 Å². The Hall–Kier alpha value is -4.19. The first-order valence-electron chi connectivity index (χ1n) is 11.5. The molecule has 0 spiro atoms. The Labute approximate surface area is 204 Å². The van der Waals surface area contributed by atoms with E-state index in [1.807, 2.05) is 30.3 Å². The first-order chi connectivity index (χ1) is 17.0. The van der Waals surface area contributed by atoms with Crippen molar-refractivity contribution in [3.8, 4) is 16.9 Å². The van der Waals surface area contributed by atoms with Crippen molar-refractivity contribution >= 4 is 17.9 Å². The Morgan fingerprint density at radius 1 is 0.800 bits per heavy atom. The molecule has 0 saturated heterocycles. The first-order valence-corrected chi connectivity index (χ1v) is 11.5. The smallest absolute Gasteiger partial charge is 0.343 e. The Kier molecular flexibility index (Phi) is 7.41. The van der Waals surface area contributed by atoms with E-state index in [0.29, 0.717) is 29.7 Å². The molecule has 6 nitrogen and oxygen atoms in total. The fourth-order valence-electron chi connectivity index (χ4n) is 4.18. The number of ether oxygens (including phenoxy) is 3. The molecule has 1 atom stereocenters. The molecule has 0 aliphatic heterocycles. The zero-order valence-electron chi connectivity index (χ0n) is 19.5. The highest BCUT2D eigenvalue weighted by Crippen LogP contribution is 2.48. The molecule has 4 rings (SSSR count).